The minimum absolute atomic E-state index is 0.205. The predicted octanol–water partition coefficient (Wildman–Crippen LogP) is 3.82. The third-order valence-electron chi connectivity index (χ3n) is 8.93. The summed E-state index contributed by atoms with van der Waals surface area (Å²) in [6, 6.07) is 2.82. The maximum absolute atomic E-state index is 3.08. The minimum atomic E-state index is 0.205. The smallest absolute Gasteiger partial charge is 0.241 e. The van der Waals surface area contributed by atoms with Gasteiger partial charge in [-0.05, 0) is 40.5 Å². The maximum Gasteiger partial charge on any atom is 0.357 e. The molecule has 3 spiro atoms. The van der Waals surface area contributed by atoms with E-state index in [0.717, 1.165) is 12.1 Å². The van der Waals surface area contributed by atoms with Gasteiger partial charge in [-0.3, -0.25) is 0 Å². The van der Waals surface area contributed by atoms with Crippen LogP contribution in [0.2, 0.25) is 0 Å². The number of hydrogen-bond donors (Lipinski definition) is 0. The lowest BCUT2D eigenvalue weighted by molar-refractivity contribution is -1.17. The zero-order valence-corrected chi connectivity index (χ0v) is 19.1. The Balaban J connectivity index is 1.99. The maximum atomic E-state index is 3.08. The summed E-state index contributed by atoms with van der Waals surface area (Å²) in [5.74, 6) is 0.205. The fourth-order valence-electron chi connectivity index (χ4n) is 8.30. The normalized spacial score (nSPS) is 38.7. The molecule has 4 aliphatic heterocycles. The fourth-order valence-corrected chi connectivity index (χ4v) is 8.30. The lowest BCUT2D eigenvalue weighted by Gasteiger charge is -2.58. The predicted molar refractivity (Wildman–Crippen MR) is 113 cm³/mol. The van der Waals surface area contributed by atoms with Gasteiger partial charge in [-0.2, -0.15) is 9.80 Å². The van der Waals surface area contributed by atoms with Crippen LogP contribution in [-0.2, 0) is 0 Å². The van der Waals surface area contributed by atoms with Gasteiger partial charge in [0.1, 0.15) is 12.6 Å². The molecule has 0 N–H and O–H groups in total. The van der Waals surface area contributed by atoms with Gasteiger partial charge in [0.05, 0.1) is 38.8 Å². The van der Waals surface area contributed by atoms with Gasteiger partial charge in [0.25, 0.3) is 0 Å². The van der Waals surface area contributed by atoms with Crippen LogP contribution in [-0.4, -0.2) is 88.1 Å². The van der Waals surface area contributed by atoms with E-state index in [1.807, 2.05) is 0 Å². The zero-order valence-electron chi connectivity index (χ0n) is 19.1. The molecule has 0 aromatic heterocycles. The highest BCUT2D eigenvalue weighted by Crippen LogP contribution is 2.57. The molecule has 4 heteroatoms. The van der Waals surface area contributed by atoms with E-state index in [1.165, 1.54) is 86.8 Å². The number of hydrogen-bond acceptors (Lipinski definition) is 2. The largest absolute Gasteiger partial charge is 0.357 e. The first kappa shape index (κ1) is 20.1. The van der Waals surface area contributed by atoms with E-state index >= 15 is 0 Å². The molecule has 0 aromatic carbocycles. The van der Waals surface area contributed by atoms with Crippen LogP contribution in [0.5, 0.6) is 0 Å². The van der Waals surface area contributed by atoms with E-state index in [0.29, 0.717) is 12.1 Å². The summed E-state index contributed by atoms with van der Waals surface area (Å²) >= 11 is 0. The van der Waals surface area contributed by atoms with Gasteiger partial charge in [0, 0.05) is 37.8 Å². The van der Waals surface area contributed by atoms with Crippen molar-refractivity contribution in [2.45, 2.75) is 110 Å². The summed E-state index contributed by atoms with van der Waals surface area (Å²) in [5, 5.41) is 0. The third-order valence-corrected chi connectivity index (χ3v) is 8.93. The van der Waals surface area contributed by atoms with E-state index < -0.39 is 0 Å². The van der Waals surface area contributed by atoms with Crippen molar-refractivity contribution in [3.63, 3.8) is 0 Å². The SMILES string of the molecule is CCC1C[N+]2(CCCC2)C2(N(C(C)C)CC(CC)[N+]23CCCC3)N1C(C)C. The molecule has 4 rings (SSSR count). The Hall–Kier alpha value is -0.160. The first-order valence-electron chi connectivity index (χ1n) is 12.2. The lowest BCUT2D eigenvalue weighted by Crippen LogP contribution is -2.84. The molecule has 4 heterocycles. The fraction of sp³-hybridized carbons (Fsp3) is 1.00. The van der Waals surface area contributed by atoms with Crippen molar-refractivity contribution in [3.05, 3.63) is 0 Å². The van der Waals surface area contributed by atoms with Crippen molar-refractivity contribution in [3.8, 4) is 0 Å². The van der Waals surface area contributed by atoms with Gasteiger partial charge in [-0.1, -0.05) is 13.8 Å². The van der Waals surface area contributed by atoms with Crippen molar-refractivity contribution in [2.24, 2.45) is 0 Å². The lowest BCUT2D eigenvalue weighted by atomic mass is 10.1. The van der Waals surface area contributed by atoms with E-state index in [9.17, 15) is 0 Å². The number of fused-ring (bicyclic) bond motifs is 2. The van der Waals surface area contributed by atoms with Gasteiger partial charge in [0.15, 0.2) is 0 Å². The molecule has 27 heavy (non-hydrogen) atoms. The van der Waals surface area contributed by atoms with Crippen molar-refractivity contribution in [1.29, 1.82) is 0 Å². The molecule has 4 aliphatic rings. The Morgan fingerprint density at radius 3 is 1.93 bits per heavy atom. The van der Waals surface area contributed by atoms with Crippen molar-refractivity contribution >= 4 is 0 Å². The summed E-state index contributed by atoms with van der Waals surface area (Å²) in [6.45, 7) is 23.3. The molecule has 4 saturated heterocycles. The van der Waals surface area contributed by atoms with Crippen LogP contribution in [0, 0.1) is 0 Å². The van der Waals surface area contributed by atoms with Gasteiger partial charge >= 0.3 is 5.91 Å². The summed E-state index contributed by atoms with van der Waals surface area (Å²) < 4.78 is 2.79. The van der Waals surface area contributed by atoms with Crippen molar-refractivity contribution in [1.82, 2.24) is 9.80 Å². The molecule has 156 valence electrons. The average Bonchev–Trinajstić information content (AvgIpc) is 3.39. The summed E-state index contributed by atoms with van der Waals surface area (Å²) in [6.07, 6.45) is 8.40. The standard InChI is InChI=1S/C23H46N4/c1-7-21-18-26(13-9-10-14-26)23(25(21)20(5)6)24(19(3)4)17-22(8-2)27(23)15-11-12-16-27/h19-22H,7-18H2,1-6H3/q+2. The molecule has 0 aromatic rings. The summed E-state index contributed by atoms with van der Waals surface area (Å²) in [7, 11) is 0. The Morgan fingerprint density at radius 1 is 0.852 bits per heavy atom. The van der Waals surface area contributed by atoms with Crippen LogP contribution in [0.25, 0.3) is 0 Å². The van der Waals surface area contributed by atoms with Gasteiger partial charge in [-0.15, -0.1) is 0 Å². The Kier molecular flexibility index (Phi) is 5.19. The quantitative estimate of drug-likeness (QED) is 0.686. The Labute approximate surface area is 168 Å². The zero-order chi connectivity index (χ0) is 19.4. The van der Waals surface area contributed by atoms with Gasteiger partial charge < -0.3 is 0 Å². The highest BCUT2D eigenvalue weighted by Gasteiger charge is 2.82. The van der Waals surface area contributed by atoms with Crippen LogP contribution < -0.4 is 0 Å². The number of rotatable bonds is 4. The second-order valence-corrected chi connectivity index (χ2v) is 10.6. The second kappa shape index (κ2) is 6.97. The van der Waals surface area contributed by atoms with Crippen LogP contribution >= 0.6 is 0 Å². The monoisotopic (exact) mass is 378 g/mol. The van der Waals surface area contributed by atoms with Crippen LogP contribution in [0.15, 0.2) is 0 Å². The molecule has 0 aliphatic carbocycles. The van der Waals surface area contributed by atoms with Gasteiger partial charge in [-0.25, -0.2) is 8.97 Å². The Morgan fingerprint density at radius 2 is 1.44 bits per heavy atom. The molecular formula is C23H46N4+2. The average molecular weight is 379 g/mol. The van der Waals surface area contributed by atoms with E-state index in [1.54, 1.807) is 0 Å². The van der Waals surface area contributed by atoms with E-state index in [4.69, 9.17) is 0 Å². The number of nitrogens with zero attached hydrogens (tertiary/aromatic N) is 4. The molecule has 0 bridgehead atoms. The first-order chi connectivity index (χ1) is 12.9. The Bertz CT molecular complexity index is 532. The molecule has 4 fully saturated rings. The first-order valence-corrected chi connectivity index (χ1v) is 12.2. The molecular weight excluding hydrogens is 332 g/mol. The topological polar surface area (TPSA) is 6.48 Å². The van der Waals surface area contributed by atoms with Crippen LogP contribution in [0.3, 0.4) is 0 Å². The van der Waals surface area contributed by atoms with E-state index in [-0.39, 0.29) is 5.91 Å². The third kappa shape index (κ3) is 2.36. The molecule has 4 nitrogen and oxygen atoms in total. The minimum Gasteiger partial charge on any atom is -0.241 e. The van der Waals surface area contributed by atoms with Crippen LogP contribution in [0.1, 0.15) is 80.1 Å². The highest BCUT2D eigenvalue weighted by molar-refractivity contribution is 4.99. The van der Waals surface area contributed by atoms with E-state index in [2.05, 4.69) is 51.3 Å². The van der Waals surface area contributed by atoms with Gasteiger partial charge in [0.2, 0.25) is 0 Å². The van der Waals surface area contributed by atoms with Crippen molar-refractivity contribution in [2.75, 3.05) is 39.3 Å². The molecule has 0 saturated carbocycles. The molecule has 0 amide bonds. The van der Waals surface area contributed by atoms with Crippen molar-refractivity contribution < 1.29 is 8.97 Å². The summed E-state index contributed by atoms with van der Waals surface area (Å²) in [4.78, 5) is 6.12. The summed E-state index contributed by atoms with van der Waals surface area (Å²) in [5.41, 5.74) is 0. The highest BCUT2D eigenvalue weighted by atomic mass is 15.9. The number of quaternary nitrogens is 2. The second-order valence-electron chi connectivity index (χ2n) is 10.6. The molecule has 3 atom stereocenters. The molecule has 3 unspecified atom stereocenters. The van der Waals surface area contributed by atoms with Crippen LogP contribution in [0.4, 0.5) is 0 Å². The molecule has 0 radical (unpaired) electrons.